The largest absolute Gasteiger partial charge is 0.294 e. The van der Waals surface area contributed by atoms with Gasteiger partial charge in [0.1, 0.15) is 0 Å². The van der Waals surface area contributed by atoms with E-state index >= 15 is 0 Å². The highest BCUT2D eigenvalue weighted by Gasteiger charge is 2.09. The van der Waals surface area contributed by atoms with Crippen molar-refractivity contribution in [3.63, 3.8) is 0 Å². The third-order valence-electron chi connectivity index (χ3n) is 2.59. The minimum absolute atomic E-state index is 0.275. The molecule has 1 aromatic rings. The molecular formula is C13H18O. The molecule has 0 amide bonds. The summed E-state index contributed by atoms with van der Waals surface area (Å²) in [7, 11) is 0. The van der Waals surface area contributed by atoms with Gasteiger partial charge in [-0.1, -0.05) is 18.6 Å². The van der Waals surface area contributed by atoms with E-state index in [0.717, 1.165) is 17.5 Å². The quantitative estimate of drug-likeness (QED) is 0.666. The number of hydrogen-bond donors (Lipinski definition) is 0. The van der Waals surface area contributed by atoms with Gasteiger partial charge in [-0.05, 0) is 44.4 Å². The zero-order chi connectivity index (χ0) is 10.7. The molecule has 14 heavy (non-hydrogen) atoms. The van der Waals surface area contributed by atoms with Crippen LogP contribution in [0.4, 0.5) is 0 Å². The first-order valence-electron chi connectivity index (χ1n) is 5.17. The van der Waals surface area contributed by atoms with Crippen LogP contribution in [0.2, 0.25) is 0 Å². The predicted molar refractivity (Wildman–Crippen MR) is 59.9 cm³/mol. The lowest BCUT2D eigenvalue weighted by atomic mass is 9.96. The molecule has 0 spiro atoms. The van der Waals surface area contributed by atoms with Gasteiger partial charge in [0.15, 0.2) is 5.78 Å². The van der Waals surface area contributed by atoms with E-state index in [9.17, 15) is 4.79 Å². The molecule has 0 bridgehead atoms. The summed E-state index contributed by atoms with van der Waals surface area (Å²) >= 11 is 0. The molecule has 0 aliphatic carbocycles. The fourth-order valence-corrected chi connectivity index (χ4v) is 1.69. The van der Waals surface area contributed by atoms with E-state index in [1.807, 2.05) is 26.8 Å². The van der Waals surface area contributed by atoms with Crippen molar-refractivity contribution < 1.29 is 4.79 Å². The Bertz CT molecular complexity index is 350. The normalized spacial score (nSPS) is 10.3. The van der Waals surface area contributed by atoms with Crippen molar-refractivity contribution in [3.8, 4) is 0 Å². The maximum absolute atomic E-state index is 11.8. The van der Waals surface area contributed by atoms with Crippen LogP contribution in [0.3, 0.4) is 0 Å². The number of aryl methyl sites for hydroxylation is 2. The van der Waals surface area contributed by atoms with Crippen molar-refractivity contribution in [3.05, 3.63) is 34.4 Å². The number of ketones is 1. The smallest absolute Gasteiger partial charge is 0.163 e. The van der Waals surface area contributed by atoms with Crippen LogP contribution >= 0.6 is 0 Å². The molecule has 0 unspecified atom stereocenters. The van der Waals surface area contributed by atoms with Gasteiger partial charge in [-0.25, -0.2) is 0 Å². The lowest BCUT2D eigenvalue weighted by molar-refractivity contribution is 0.0981. The highest BCUT2D eigenvalue weighted by Crippen LogP contribution is 2.17. The summed E-state index contributed by atoms with van der Waals surface area (Å²) in [5.41, 5.74) is 4.43. The number of rotatable bonds is 3. The fraction of sp³-hybridized carbons (Fsp3) is 0.462. The third kappa shape index (κ3) is 2.22. The third-order valence-corrected chi connectivity index (χ3v) is 2.59. The Balaban J connectivity index is 3.13. The molecule has 0 atom stereocenters. The summed E-state index contributed by atoms with van der Waals surface area (Å²) in [4.78, 5) is 11.8. The maximum Gasteiger partial charge on any atom is 0.163 e. The Labute approximate surface area is 86.1 Å². The summed E-state index contributed by atoms with van der Waals surface area (Å²) in [6, 6.07) is 4.12. The van der Waals surface area contributed by atoms with Gasteiger partial charge in [0.05, 0.1) is 0 Å². The first-order valence-corrected chi connectivity index (χ1v) is 5.17. The van der Waals surface area contributed by atoms with E-state index < -0.39 is 0 Å². The summed E-state index contributed by atoms with van der Waals surface area (Å²) in [5, 5.41) is 0. The average molecular weight is 190 g/mol. The average Bonchev–Trinajstić information content (AvgIpc) is 2.11. The second kappa shape index (κ2) is 4.41. The van der Waals surface area contributed by atoms with Crippen LogP contribution in [0.25, 0.3) is 0 Å². The molecule has 0 aliphatic heterocycles. The zero-order valence-corrected chi connectivity index (χ0v) is 9.48. The Morgan fingerprint density at radius 1 is 1.21 bits per heavy atom. The molecule has 1 heteroatoms. The van der Waals surface area contributed by atoms with Crippen molar-refractivity contribution in [2.75, 3.05) is 0 Å². The molecule has 0 heterocycles. The van der Waals surface area contributed by atoms with Crippen LogP contribution < -0.4 is 0 Å². The van der Waals surface area contributed by atoms with E-state index in [1.54, 1.807) is 0 Å². The van der Waals surface area contributed by atoms with E-state index in [0.29, 0.717) is 6.42 Å². The standard InChI is InChI=1S/C13H18O/c1-5-6-13(14)12-8-9(2)7-10(3)11(12)4/h7-8H,5-6H2,1-4H3. The van der Waals surface area contributed by atoms with E-state index in [2.05, 4.69) is 13.0 Å². The second-order valence-corrected chi connectivity index (χ2v) is 3.93. The molecule has 0 saturated heterocycles. The van der Waals surface area contributed by atoms with Gasteiger partial charge in [-0.3, -0.25) is 4.79 Å². The van der Waals surface area contributed by atoms with Gasteiger partial charge in [0, 0.05) is 12.0 Å². The second-order valence-electron chi connectivity index (χ2n) is 3.93. The van der Waals surface area contributed by atoms with Crippen molar-refractivity contribution in [2.24, 2.45) is 0 Å². The molecule has 0 saturated carbocycles. The molecule has 0 aliphatic rings. The summed E-state index contributed by atoms with van der Waals surface area (Å²) < 4.78 is 0. The lowest BCUT2D eigenvalue weighted by Crippen LogP contribution is -2.03. The van der Waals surface area contributed by atoms with Gasteiger partial charge in [0.25, 0.3) is 0 Å². The van der Waals surface area contributed by atoms with E-state index in [-0.39, 0.29) is 5.78 Å². The maximum atomic E-state index is 11.8. The zero-order valence-electron chi connectivity index (χ0n) is 9.48. The van der Waals surface area contributed by atoms with Crippen molar-refractivity contribution in [2.45, 2.75) is 40.5 Å². The fourth-order valence-electron chi connectivity index (χ4n) is 1.69. The lowest BCUT2D eigenvalue weighted by Gasteiger charge is -2.08. The number of benzene rings is 1. The van der Waals surface area contributed by atoms with E-state index in [4.69, 9.17) is 0 Å². The molecule has 0 N–H and O–H groups in total. The minimum Gasteiger partial charge on any atom is -0.294 e. The van der Waals surface area contributed by atoms with Crippen LogP contribution in [0.5, 0.6) is 0 Å². The van der Waals surface area contributed by atoms with E-state index in [1.165, 1.54) is 11.1 Å². The van der Waals surface area contributed by atoms with Gasteiger partial charge in [-0.15, -0.1) is 0 Å². The molecule has 0 fully saturated rings. The van der Waals surface area contributed by atoms with Crippen LogP contribution in [0.1, 0.15) is 46.8 Å². The van der Waals surface area contributed by atoms with Gasteiger partial charge < -0.3 is 0 Å². The molecule has 0 aromatic heterocycles. The van der Waals surface area contributed by atoms with Gasteiger partial charge in [-0.2, -0.15) is 0 Å². The van der Waals surface area contributed by atoms with Gasteiger partial charge in [0.2, 0.25) is 0 Å². The van der Waals surface area contributed by atoms with Crippen molar-refractivity contribution in [1.82, 2.24) is 0 Å². The molecule has 0 radical (unpaired) electrons. The van der Waals surface area contributed by atoms with Crippen molar-refractivity contribution in [1.29, 1.82) is 0 Å². The van der Waals surface area contributed by atoms with Crippen LogP contribution in [-0.4, -0.2) is 5.78 Å². The topological polar surface area (TPSA) is 17.1 Å². The molecule has 1 nitrogen and oxygen atoms in total. The van der Waals surface area contributed by atoms with Crippen LogP contribution in [-0.2, 0) is 0 Å². The highest BCUT2D eigenvalue weighted by molar-refractivity contribution is 5.97. The summed E-state index contributed by atoms with van der Waals surface area (Å²) in [5.74, 6) is 0.275. The SMILES string of the molecule is CCCC(=O)c1cc(C)cc(C)c1C. The monoisotopic (exact) mass is 190 g/mol. The number of hydrogen-bond acceptors (Lipinski definition) is 1. The minimum atomic E-state index is 0.275. The first-order chi connectivity index (χ1) is 6.56. The van der Waals surface area contributed by atoms with Gasteiger partial charge >= 0.3 is 0 Å². The molecule has 76 valence electrons. The first kappa shape index (κ1) is 11.0. The molecule has 1 aromatic carbocycles. The Morgan fingerprint density at radius 2 is 1.86 bits per heavy atom. The van der Waals surface area contributed by atoms with Crippen LogP contribution in [0.15, 0.2) is 12.1 Å². The Hall–Kier alpha value is -1.11. The molecular weight excluding hydrogens is 172 g/mol. The Kier molecular flexibility index (Phi) is 3.45. The molecule has 1 rings (SSSR count). The number of Topliss-reactive ketones (excluding diaryl/α,β-unsaturated/α-hetero) is 1. The Morgan fingerprint density at radius 3 is 2.43 bits per heavy atom. The van der Waals surface area contributed by atoms with Crippen LogP contribution in [0, 0.1) is 20.8 Å². The number of carbonyl (C=O) groups excluding carboxylic acids is 1. The van der Waals surface area contributed by atoms with Crippen molar-refractivity contribution >= 4 is 5.78 Å². The summed E-state index contributed by atoms with van der Waals surface area (Å²) in [6.45, 7) is 8.16. The number of carbonyl (C=O) groups is 1. The highest BCUT2D eigenvalue weighted by atomic mass is 16.1. The summed E-state index contributed by atoms with van der Waals surface area (Å²) in [6.07, 6.45) is 1.58. The predicted octanol–water partition coefficient (Wildman–Crippen LogP) is 3.59.